The molecule has 3 rings (SSSR count). The van der Waals surface area contributed by atoms with Crippen LogP contribution in [0.5, 0.6) is 0 Å². The number of rotatable bonds is 6. The zero-order chi connectivity index (χ0) is 29.8. The van der Waals surface area contributed by atoms with Crippen molar-refractivity contribution >= 4 is 17.8 Å². The molecule has 7 atom stereocenters. The first kappa shape index (κ1) is 32.5. The number of ether oxygens (including phenoxy) is 4. The van der Waals surface area contributed by atoms with E-state index in [1.54, 1.807) is 0 Å². The van der Waals surface area contributed by atoms with E-state index in [9.17, 15) is 14.4 Å². The van der Waals surface area contributed by atoms with Crippen LogP contribution in [-0.2, 0) is 33.3 Å². The molecule has 8 heteroatoms. The van der Waals surface area contributed by atoms with Crippen molar-refractivity contribution in [3.8, 4) is 0 Å². The monoisotopic (exact) mass is 569 g/mol. The van der Waals surface area contributed by atoms with Crippen LogP contribution in [0.1, 0.15) is 78.6 Å². The van der Waals surface area contributed by atoms with E-state index in [2.05, 4.69) is 19.1 Å². The Morgan fingerprint density at radius 2 is 1.68 bits per heavy atom. The maximum absolute atomic E-state index is 13.2. The lowest BCUT2D eigenvalue weighted by Crippen LogP contribution is -2.37. The van der Waals surface area contributed by atoms with E-state index in [-0.39, 0.29) is 48.9 Å². The Balaban J connectivity index is 1.81. The summed E-state index contributed by atoms with van der Waals surface area (Å²) < 4.78 is 23.7. The molecule has 2 N–H and O–H groups in total. The minimum atomic E-state index is -0.473. The number of nitrogens with two attached hydrogens (primary N) is 1. The maximum Gasteiger partial charge on any atom is 0.330 e. The van der Waals surface area contributed by atoms with E-state index >= 15 is 0 Å². The molecule has 3 aliphatic heterocycles. The van der Waals surface area contributed by atoms with Crippen molar-refractivity contribution in [1.29, 1.82) is 0 Å². The second kappa shape index (κ2) is 16.5. The minimum absolute atomic E-state index is 0.0547. The fourth-order valence-electron chi connectivity index (χ4n) is 5.73. The molecule has 0 spiro atoms. The maximum atomic E-state index is 13.2. The third-order valence-corrected chi connectivity index (χ3v) is 7.77. The molecule has 0 saturated carbocycles. The molecule has 7 unspecified atom stereocenters. The summed E-state index contributed by atoms with van der Waals surface area (Å²) >= 11 is 0. The van der Waals surface area contributed by atoms with Crippen molar-refractivity contribution in [3.63, 3.8) is 0 Å². The topological polar surface area (TPSA) is 114 Å². The molecule has 0 aromatic heterocycles. The molecule has 0 aromatic rings. The summed E-state index contributed by atoms with van der Waals surface area (Å²) in [5, 5.41) is 0. The predicted octanol–water partition coefficient (Wildman–Crippen LogP) is 5.43. The summed E-state index contributed by atoms with van der Waals surface area (Å²) in [5.41, 5.74) is 7.03. The number of primary amides is 1. The van der Waals surface area contributed by atoms with Gasteiger partial charge in [0.1, 0.15) is 6.10 Å². The quantitative estimate of drug-likeness (QED) is 0.196. The van der Waals surface area contributed by atoms with Crippen LogP contribution in [0.25, 0.3) is 0 Å². The molecule has 8 nitrogen and oxygen atoms in total. The lowest BCUT2D eigenvalue weighted by atomic mass is 9.89. The Morgan fingerprint density at radius 3 is 2.41 bits per heavy atom. The van der Waals surface area contributed by atoms with Gasteiger partial charge in [0.05, 0.1) is 37.9 Å². The predicted molar refractivity (Wildman–Crippen MR) is 158 cm³/mol. The van der Waals surface area contributed by atoms with Crippen molar-refractivity contribution in [2.45, 2.75) is 109 Å². The number of carbonyl (C=O) groups excluding carboxylic acids is 3. The summed E-state index contributed by atoms with van der Waals surface area (Å²) in [4.78, 5) is 36.3. The second-order valence-electron chi connectivity index (χ2n) is 11.7. The molecule has 3 aliphatic rings. The first-order valence-corrected chi connectivity index (χ1v) is 14.9. The summed E-state index contributed by atoms with van der Waals surface area (Å²) in [6.45, 7) is 6.07. The average Bonchev–Trinajstić information content (AvgIpc) is 2.90. The zero-order valence-corrected chi connectivity index (χ0v) is 25.0. The van der Waals surface area contributed by atoms with Crippen molar-refractivity contribution in [2.24, 2.45) is 17.6 Å². The van der Waals surface area contributed by atoms with Gasteiger partial charge in [-0.05, 0) is 57.4 Å². The van der Waals surface area contributed by atoms with E-state index < -0.39 is 18.2 Å². The Bertz CT molecular complexity index is 1060. The lowest BCUT2D eigenvalue weighted by Gasteiger charge is -2.37. The zero-order valence-electron chi connectivity index (χ0n) is 25.0. The molecule has 4 bridgehead atoms. The van der Waals surface area contributed by atoms with Crippen LogP contribution in [0.3, 0.4) is 0 Å². The van der Waals surface area contributed by atoms with Gasteiger partial charge < -0.3 is 24.7 Å². The lowest BCUT2D eigenvalue weighted by molar-refractivity contribution is -0.154. The summed E-state index contributed by atoms with van der Waals surface area (Å²) in [6, 6.07) is 0. The van der Waals surface area contributed by atoms with Crippen LogP contribution >= 0.6 is 0 Å². The first-order chi connectivity index (χ1) is 19.6. The molecule has 2 fully saturated rings. The van der Waals surface area contributed by atoms with E-state index in [0.717, 1.165) is 43.3 Å². The SMILES string of the molecule is COC(=O)/C=C1\CC2CC(=O)OC(/C=C/C=C\C=C(/C)CC(N)=O)C(C)/C=C/C(C)CC3CCCC(CC(C1)O2)O3. The number of carbonyl (C=O) groups is 3. The van der Waals surface area contributed by atoms with Crippen molar-refractivity contribution in [2.75, 3.05) is 7.11 Å². The number of amides is 1. The number of hydrogen-bond donors (Lipinski definition) is 1. The average molecular weight is 570 g/mol. The van der Waals surface area contributed by atoms with E-state index in [4.69, 9.17) is 24.7 Å². The van der Waals surface area contributed by atoms with Gasteiger partial charge in [0.25, 0.3) is 0 Å². The van der Waals surface area contributed by atoms with Crippen molar-refractivity contribution in [1.82, 2.24) is 0 Å². The molecule has 0 aromatic carbocycles. The number of esters is 2. The van der Waals surface area contributed by atoms with E-state index in [1.165, 1.54) is 13.2 Å². The fourth-order valence-corrected chi connectivity index (χ4v) is 5.73. The summed E-state index contributed by atoms with van der Waals surface area (Å²) in [5.74, 6) is -0.853. The van der Waals surface area contributed by atoms with Crippen LogP contribution in [-0.4, -0.2) is 55.5 Å². The number of allylic oxidation sites excluding steroid dienone is 5. The van der Waals surface area contributed by atoms with Crippen LogP contribution in [0, 0.1) is 11.8 Å². The molecule has 2 saturated heterocycles. The molecule has 41 heavy (non-hydrogen) atoms. The highest BCUT2D eigenvalue weighted by molar-refractivity contribution is 5.82. The number of methoxy groups -OCH3 is 1. The van der Waals surface area contributed by atoms with Gasteiger partial charge in [-0.25, -0.2) is 4.79 Å². The van der Waals surface area contributed by atoms with Gasteiger partial charge in [0, 0.05) is 24.8 Å². The Kier molecular flexibility index (Phi) is 13.1. The molecule has 1 amide bonds. The van der Waals surface area contributed by atoms with Gasteiger partial charge in [-0.1, -0.05) is 61.4 Å². The van der Waals surface area contributed by atoms with Crippen molar-refractivity contribution < 1.29 is 33.3 Å². The van der Waals surface area contributed by atoms with Gasteiger partial charge in [-0.15, -0.1) is 0 Å². The normalized spacial score (nSPS) is 34.0. The number of hydrogen-bond acceptors (Lipinski definition) is 7. The van der Waals surface area contributed by atoms with Gasteiger partial charge in [-0.2, -0.15) is 0 Å². The Morgan fingerprint density at radius 1 is 0.976 bits per heavy atom. The van der Waals surface area contributed by atoms with Crippen molar-refractivity contribution in [3.05, 3.63) is 59.8 Å². The standard InChI is InChI=1S/C33H47NO7/c1-22(16-31(34)35)9-6-5-7-12-30-24(3)14-13-23(2)15-26-10-8-11-27(39-26)20-28-17-25(19-32(36)38-4)18-29(40-28)21-33(37)41-30/h5-7,9,12-14,19,23-24,26-30H,8,10-11,15-18,20-21H2,1-4H3,(H2,34,35)/b6-5-,12-7+,14-13+,22-9+,25-19-. The van der Waals surface area contributed by atoms with E-state index in [1.807, 2.05) is 44.2 Å². The Labute approximate surface area is 244 Å². The van der Waals surface area contributed by atoms with Crippen LogP contribution in [0.4, 0.5) is 0 Å². The van der Waals surface area contributed by atoms with E-state index in [0.29, 0.717) is 18.8 Å². The Hall–Kier alpha value is -2.97. The molecule has 3 heterocycles. The van der Waals surface area contributed by atoms with Gasteiger partial charge >= 0.3 is 11.9 Å². The number of fused-ring (bicyclic) bond motifs is 4. The van der Waals surface area contributed by atoms with Gasteiger partial charge in [0.15, 0.2) is 0 Å². The first-order valence-electron chi connectivity index (χ1n) is 14.9. The third kappa shape index (κ3) is 11.8. The molecule has 0 radical (unpaired) electrons. The van der Waals surface area contributed by atoms with Crippen LogP contribution in [0.15, 0.2) is 59.8 Å². The highest BCUT2D eigenvalue weighted by atomic mass is 16.6. The highest BCUT2D eigenvalue weighted by Crippen LogP contribution is 2.33. The molecular weight excluding hydrogens is 522 g/mol. The second-order valence-corrected chi connectivity index (χ2v) is 11.7. The molecule has 226 valence electrons. The fraction of sp³-hybridized carbons (Fsp3) is 0.606. The summed E-state index contributed by atoms with van der Waals surface area (Å²) in [7, 11) is 1.36. The van der Waals surface area contributed by atoms with Crippen LogP contribution < -0.4 is 5.73 Å². The number of cyclic esters (lactones) is 1. The molecule has 0 aliphatic carbocycles. The highest BCUT2D eigenvalue weighted by Gasteiger charge is 2.33. The molecular formula is C33H47NO7. The van der Waals surface area contributed by atoms with Crippen LogP contribution in [0.2, 0.25) is 0 Å². The third-order valence-electron chi connectivity index (χ3n) is 7.77. The van der Waals surface area contributed by atoms with Gasteiger partial charge in [0.2, 0.25) is 5.91 Å². The smallest absolute Gasteiger partial charge is 0.330 e. The summed E-state index contributed by atoms with van der Waals surface area (Å²) in [6.07, 6.45) is 20.6. The minimum Gasteiger partial charge on any atom is -0.466 e. The largest absolute Gasteiger partial charge is 0.466 e. The van der Waals surface area contributed by atoms with Gasteiger partial charge in [-0.3, -0.25) is 9.59 Å².